The lowest BCUT2D eigenvalue weighted by Gasteiger charge is -2.01. The van der Waals surface area contributed by atoms with E-state index >= 15 is 0 Å². The first-order valence-corrected chi connectivity index (χ1v) is 3.92. The highest BCUT2D eigenvalue weighted by Gasteiger charge is 1.92. The predicted octanol–water partition coefficient (Wildman–Crippen LogP) is 3.55. The van der Waals surface area contributed by atoms with E-state index in [0.717, 1.165) is 0 Å². The molecule has 0 spiro atoms. The van der Waals surface area contributed by atoms with Crippen molar-refractivity contribution in [1.82, 2.24) is 0 Å². The summed E-state index contributed by atoms with van der Waals surface area (Å²) in [4.78, 5) is 0. The molecule has 0 heterocycles. The highest BCUT2D eigenvalue weighted by Crippen LogP contribution is 2.07. The molecule has 0 nitrogen and oxygen atoms in total. The van der Waals surface area contributed by atoms with E-state index in [1.165, 1.54) is 18.4 Å². The van der Waals surface area contributed by atoms with Crippen molar-refractivity contribution in [1.29, 1.82) is 0 Å². The van der Waals surface area contributed by atoms with Gasteiger partial charge in [-0.05, 0) is 32.6 Å². The van der Waals surface area contributed by atoms with Crippen molar-refractivity contribution < 1.29 is 0 Å². The standard InChI is InChI=1S/C10H18/c1-5-10(4)8-6-7-9(2)3/h5,7,10H,1,6,8H2,2-4H3/t10-/m1/s1. The van der Waals surface area contributed by atoms with Gasteiger partial charge in [0.15, 0.2) is 0 Å². The maximum atomic E-state index is 3.74. The zero-order valence-electron chi connectivity index (χ0n) is 7.35. The zero-order chi connectivity index (χ0) is 7.98. The van der Waals surface area contributed by atoms with Gasteiger partial charge in [0.05, 0.1) is 0 Å². The van der Waals surface area contributed by atoms with E-state index in [-0.39, 0.29) is 0 Å². The molecule has 0 aliphatic heterocycles. The molecule has 0 radical (unpaired) electrons. The number of hydrogen-bond donors (Lipinski definition) is 0. The normalized spacial score (nSPS) is 12.3. The molecule has 0 heteroatoms. The molecule has 0 amide bonds. The molecule has 0 saturated heterocycles. The van der Waals surface area contributed by atoms with Gasteiger partial charge in [-0.25, -0.2) is 0 Å². The van der Waals surface area contributed by atoms with Gasteiger partial charge in [0, 0.05) is 0 Å². The largest absolute Gasteiger partial charge is 0.103 e. The lowest BCUT2D eigenvalue weighted by Crippen LogP contribution is -1.86. The topological polar surface area (TPSA) is 0 Å². The quantitative estimate of drug-likeness (QED) is 0.521. The van der Waals surface area contributed by atoms with Crippen LogP contribution in [0.2, 0.25) is 0 Å². The smallest absolute Gasteiger partial charge is 0.0262 e. The number of rotatable bonds is 4. The first-order chi connectivity index (χ1) is 4.66. The molecule has 0 saturated carbocycles. The van der Waals surface area contributed by atoms with Crippen LogP contribution < -0.4 is 0 Å². The van der Waals surface area contributed by atoms with Crippen LogP contribution in [0, 0.1) is 5.92 Å². The predicted molar refractivity (Wildman–Crippen MR) is 48.0 cm³/mol. The van der Waals surface area contributed by atoms with Crippen molar-refractivity contribution >= 4 is 0 Å². The molecule has 0 aromatic carbocycles. The minimum Gasteiger partial charge on any atom is -0.103 e. The van der Waals surface area contributed by atoms with Crippen molar-refractivity contribution in [2.24, 2.45) is 5.92 Å². The summed E-state index contributed by atoms with van der Waals surface area (Å²) in [7, 11) is 0. The Bertz CT molecular complexity index is 116. The van der Waals surface area contributed by atoms with Crippen LogP contribution >= 0.6 is 0 Å². The molecule has 0 unspecified atom stereocenters. The van der Waals surface area contributed by atoms with Crippen molar-refractivity contribution in [3.05, 3.63) is 24.3 Å². The molecule has 1 atom stereocenters. The monoisotopic (exact) mass is 138 g/mol. The van der Waals surface area contributed by atoms with E-state index in [9.17, 15) is 0 Å². The van der Waals surface area contributed by atoms with Crippen molar-refractivity contribution in [2.75, 3.05) is 0 Å². The fourth-order valence-electron chi connectivity index (χ4n) is 0.753. The van der Waals surface area contributed by atoms with E-state index in [2.05, 4.69) is 33.4 Å². The highest BCUT2D eigenvalue weighted by atomic mass is 14.0. The molecule has 0 aliphatic carbocycles. The van der Waals surface area contributed by atoms with Crippen LogP contribution in [0.5, 0.6) is 0 Å². The lowest BCUT2D eigenvalue weighted by molar-refractivity contribution is 0.658. The molecular formula is C10H18. The molecule has 58 valence electrons. The van der Waals surface area contributed by atoms with Crippen LogP contribution in [-0.4, -0.2) is 0 Å². The Morgan fingerprint density at radius 1 is 1.50 bits per heavy atom. The van der Waals surface area contributed by atoms with E-state index in [4.69, 9.17) is 0 Å². The van der Waals surface area contributed by atoms with Crippen molar-refractivity contribution in [3.63, 3.8) is 0 Å². The third kappa shape index (κ3) is 5.61. The van der Waals surface area contributed by atoms with Crippen LogP contribution in [0.1, 0.15) is 33.6 Å². The van der Waals surface area contributed by atoms with Gasteiger partial charge in [0.25, 0.3) is 0 Å². The first-order valence-electron chi connectivity index (χ1n) is 3.92. The van der Waals surface area contributed by atoms with E-state index in [0.29, 0.717) is 5.92 Å². The Labute approximate surface area is 64.6 Å². The molecule has 0 aromatic rings. The minimum absolute atomic E-state index is 0.663. The van der Waals surface area contributed by atoms with Gasteiger partial charge in [0.2, 0.25) is 0 Å². The average Bonchev–Trinajstić information content (AvgIpc) is 1.87. The van der Waals surface area contributed by atoms with Crippen LogP contribution in [0.15, 0.2) is 24.3 Å². The lowest BCUT2D eigenvalue weighted by atomic mass is 10.1. The molecular weight excluding hydrogens is 120 g/mol. The summed E-state index contributed by atoms with van der Waals surface area (Å²) in [5.74, 6) is 0.663. The van der Waals surface area contributed by atoms with Gasteiger partial charge in [-0.3, -0.25) is 0 Å². The van der Waals surface area contributed by atoms with Crippen molar-refractivity contribution in [2.45, 2.75) is 33.6 Å². The van der Waals surface area contributed by atoms with E-state index < -0.39 is 0 Å². The summed E-state index contributed by atoms with van der Waals surface area (Å²) in [6.45, 7) is 10.2. The first kappa shape index (κ1) is 9.48. The fraction of sp³-hybridized carbons (Fsp3) is 0.600. The molecule has 10 heavy (non-hydrogen) atoms. The average molecular weight is 138 g/mol. The molecule has 0 aromatic heterocycles. The van der Waals surface area contributed by atoms with Gasteiger partial charge >= 0.3 is 0 Å². The van der Waals surface area contributed by atoms with Crippen LogP contribution in [0.3, 0.4) is 0 Å². The summed E-state index contributed by atoms with van der Waals surface area (Å²) in [5, 5.41) is 0. The summed E-state index contributed by atoms with van der Waals surface area (Å²) in [6, 6.07) is 0. The van der Waals surface area contributed by atoms with Gasteiger partial charge in [0.1, 0.15) is 0 Å². The third-order valence-corrected chi connectivity index (χ3v) is 1.58. The fourth-order valence-corrected chi connectivity index (χ4v) is 0.753. The molecule has 0 fully saturated rings. The Hall–Kier alpha value is -0.520. The summed E-state index contributed by atoms with van der Waals surface area (Å²) in [6.07, 6.45) is 6.71. The van der Waals surface area contributed by atoms with E-state index in [1.54, 1.807) is 0 Å². The second-order valence-electron chi connectivity index (χ2n) is 3.07. The molecule has 0 rings (SSSR count). The second kappa shape index (κ2) is 5.28. The molecule has 0 N–H and O–H groups in total. The zero-order valence-corrected chi connectivity index (χ0v) is 7.35. The van der Waals surface area contributed by atoms with Gasteiger partial charge in [-0.15, -0.1) is 6.58 Å². The maximum Gasteiger partial charge on any atom is -0.0262 e. The Balaban J connectivity index is 3.36. The van der Waals surface area contributed by atoms with Gasteiger partial charge in [-0.2, -0.15) is 0 Å². The number of hydrogen-bond acceptors (Lipinski definition) is 0. The van der Waals surface area contributed by atoms with Crippen LogP contribution in [0.25, 0.3) is 0 Å². The van der Waals surface area contributed by atoms with Gasteiger partial charge < -0.3 is 0 Å². The Morgan fingerprint density at radius 3 is 2.50 bits per heavy atom. The van der Waals surface area contributed by atoms with Crippen LogP contribution in [-0.2, 0) is 0 Å². The summed E-state index contributed by atoms with van der Waals surface area (Å²) >= 11 is 0. The van der Waals surface area contributed by atoms with Crippen LogP contribution in [0.4, 0.5) is 0 Å². The van der Waals surface area contributed by atoms with Crippen molar-refractivity contribution in [3.8, 4) is 0 Å². The van der Waals surface area contributed by atoms with E-state index in [1.807, 2.05) is 6.08 Å². The molecule has 0 aliphatic rings. The molecule has 0 bridgehead atoms. The highest BCUT2D eigenvalue weighted by molar-refractivity contribution is 4.93. The summed E-state index contributed by atoms with van der Waals surface area (Å²) in [5.41, 5.74) is 1.41. The van der Waals surface area contributed by atoms with Gasteiger partial charge in [-0.1, -0.05) is 24.6 Å². The number of allylic oxidation sites excluding steroid dienone is 3. The maximum absolute atomic E-state index is 3.74. The summed E-state index contributed by atoms with van der Waals surface area (Å²) < 4.78 is 0. The Morgan fingerprint density at radius 2 is 2.10 bits per heavy atom. The Kier molecular flexibility index (Phi) is 5.00. The second-order valence-corrected chi connectivity index (χ2v) is 3.07. The SMILES string of the molecule is C=C[C@@H](C)CCC=C(C)C. The third-order valence-electron chi connectivity index (χ3n) is 1.58. The minimum atomic E-state index is 0.663.